The molecule has 0 radical (unpaired) electrons. The monoisotopic (exact) mass is 347 g/mol. The zero-order chi connectivity index (χ0) is 15.7. The van der Waals surface area contributed by atoms with Crippen molar-refractivity contribution in [2.45, 2.75) is 23.6 Å². The lowest BCUT2D eigenvalue weighted by Crippen LogP contribution is -2.30. The minimum Gasteiger partial charge on any atom is -0.490 e. The van der Waals surface area contributed by atoms with Crippen LogP contribution in [0, 0.1) is 11.7 Å². The Morgan fingerprint density at radius 2 is 2.05 bits per heavy atom. The van der Waals surface area contributed by atoms with E-state index in [9.17, 15) is 9.18 Å². The Bertz CT molecular complexity index is 576. The Balaban J connectivity index is 1.60. The van der Waals surface area contributed by atoms with Gasteiger partial charge in [0.2, 0.25) is 0 Å². The highest BCUT2D eigenvalue weighted by Gasteiger charge is 2.52. The van der Waals surface area contributed by atoms with Crippen molar-refractivity contribution in [2.75, 3.05) is 19.7 Å². The van der Waals surface area contributed by atoms with Gasteiger partial charge in [-0.1, -0.05) is 0 Å². The van der Waals surface area contributed by atoms with Crippen LogP contribution in [0.4, 0.5) is 9.18 Å². The predicted molar refractivity (Wildman–Crippen MR) is 81.3 cm³/mol. The van der Waals surface area contributed by atoms with E-state index in [2.05, 4.69) is 0 Å². The molecule has 22 heavy (non-hydrogen) atoms. The fourth-order valence-electron chi connectivity index (χ4n) is 2.36. The van der Waals surface area contributed by atoms with E-state index in [-0.39, 0.29) is 24.0 Å². The molecule has 0 spiro atoms. The maximum absolute atomic E-state index is 13.7. The van der Waals surface area contributed by atoms with Gasteiger partial charge in [-0.2, -0.15) is 0 Å². The van der Waals surface area contributed by atoms with Gasteiger partial charge in [0.05, 0.1) is 6.61 Å². The van der Waals surface area contributed by atoms with Crippen LogP contribution >= 0.6 is 23.2 Å². The smallest absolute Gasteiger partial charge is 0.415 e. The SMILES string of the molecule is O=C(Oc1ccc(F)c(OCC2CC2(Cl)Cl)c1)N1CCCC1. The van der Waals surface area contributed by atoms with Crippen LogP contribution in [0.5, 0.6) is 11.5 Å². The van der Waals surface area contributed by atoms with Gasteiger partial charge in [-0.05, 0) is 31.4 Å². The molecule has 2 aliphatic rings. The lowest BCUT2D eigenvalue weighted by molar-refractivity contribution is 0.162. The van der Waals surface area contributed by atoms with Crippen molar-refractivity contribution >= 4 is 29.3 Å². The van der Waals surface area contributed by atoms with Gasteiger partial charge < -0.3 is 14.4 Å². The number of halogens is 3. The van der Waals surface area contributed by atoms with Gasteiger partial charge in [0, 0.05) is 25.1 Å². The topological polar surface area (TPSA) is 38.8 Å². The van der Waals surface area contributed by atoms with Crippen LogP contribution in [0.2, 0.25) is 0 Å². The van der Waals surface area contributed by atoms with E-state index in [4.69, 9.17) is 32.7 Å². The molecule has 1 amide bonds. The Kier molecular flexibility index (Phi) is 4.37. The lowest BCUT2D eigenvalue weighted by atomic mass is 10.3. The van der Waals surface area contributed by atoms with Crippen molar-refractivity contribution in [3.8, 4) is 11.5 Å². The van der Waals surface area contributed by atoms with Gasteiger partial charge in [-0.15, -0.1) is 23.2 Å². The first-order valence-corrected chi connectivity index (χ1v) is 7.98. The standard InChI is InChI=1S/C15H16Cl2FNO3/c16-15(17)8-10(15)9-21-13-7-11(3-4-12(13)18)22-14(20)19-5-1-2-6-19/h3-4,7,10H,1-2,5-6,8-9H2. The summed E-state index contributed by atoms with van der Waals surface area (Å²) in [7, 11) is 0. The molecule has 1 unspecified atom stereocenters. The molecule has 1 aliphatic heterocycles. The van der Waals surface area contributed by atoms with Crippen LogP contribution in [-0.2, 0) is 0 Å². The summed E-state index contributed by atoms with van der Waals surface area (Å²) in [4.78, 5) is 13.5. The maximum atomic E-state index is 13.7. The van der Waals surface area contributed by atoms with E-state index in [1.807, 2.05) is 0 Å². The fraction of sp³-hybridized carbons (Fsp3) is 0.533. The molecule has 1 atom stereocenters. The first-order valence-electron chi connectivity index (χ1n) is 7.22. The van der Waals surface area contributed by atoms with Crippen LogP contribution in [0.25, 0.3) is 0 Å². The number of hydrogen-bond donors (Lipinski definition) is 0. The maximum Gasteiger partial charge on any atom is 0.415 e. The largest absolute Gasteiger partial charge is 0.490 e. The lowest BCUT2D eigenvalue weighted by Gasteiger charge is -2.15. The molecule has 0 bridgehead atoms. The van der Waals surface area contributed by atoms with Crippen molar-refractivity contribution in [1.29, 1.82) is 0 Å². The second-order valence-corrected chi connectivity index (χ2v) is 7.17. The van der Waals surface area contributed by atoms with E-state index in [1.54, 1.807) is 4.90 Å². The van der Waals surface area contributed by atoms with Gasteiger partial charge >= 0.3 is 6.09 Å². The molecule has 4 nitrogen and oxygen atoms in total. The van der Waals surface area contributed by atoms with Crippen LogP contribution < -0.4 is 9.47 Å². The number of likely N-dealkylation sites (tertiary alicyclic amines) is 1. The molecule has 3 rings (SSSR count). The molecule has 1 aromatic carbocycles. The summed E-state index contributed by atoms with van der Waals surface area (Å²) in [6.07, 6.45) is 2.17. The minimum atomic E-state index is -0.768. The fourth-order valence-corrected chi connectivity index (χ4v) is 2.86. The summed E-state index contributed by atoms with van der Waals surface area (Å²) >= 11 is 11.8. The molecule has 2 fully saturated rings. The Labute approximate surface area is 138 Å². The second kappa shape index (κ2) is 6.13. The number of alkyl halides is 2. The van der Waals surface area contributed by atoms with Crippen LogP contribution in [0.1, 0.15) is 19.3 Å². The summed E-state index contributed by atoms with van der Waals surface area (Å²) in [6, 6.07) is 3.99. The number of rotatable bonds is 4. The van der Waals surface area contributed by atoms with Crippen molar-refractivity contribution in [2.24, 2.45) is 5.92 Å². The van der Waals surface area contributed by atoms with Crippen molar-refractivity contribution in [1.82, 2.24) is 4.90 Å². The normalized spacial score (nSPS) is 22.5. The van der Waals surface area contributed by atoms with Gasteiger partial charge in [0.1, 0.15) is 10.1 Å². The quantitative estimate of drug-likeness (QED) is 0.773. The third kappa shape index (κ3) is 3.58. The van der Waals surface area contributed by atoms with Crippen molar-refractivity contribution in [3.05, 3.63) is 24.0 Å². The summed E-state index contributed by atoms with van der Waals surface area (Å²) in [5.74, 6) is -0.239. The van der Waals surface area contributed by atoms with E-state index in [0.29, 0.717) is 19.5 Å². The van der Waals surface area contributed by atoms with Gasteiger partial charge in [-0.25, -0.2) is 9.18 Å². The average Bonchev–Trinajstić information content (AvgIpc) is 2.91. The average molecular weight is 348 g/mol. The molecule has 1 heterocycles. The molecule has 1 aliphatic carbocycles. The Morgan fingerprint density at radius 1 is 1.36 bits per heavy atom. The number of benzene rings is 1. The molecular formula is C15H16Cl2FNO3. The van der Waals surface area contributed by atoms with E-state index < -0.39 is 16.2 Å². The predicted octanol–water partition coefficient (Wildman–Crippen LogP) is 3.99. The molecular weight excluding hydrogens is 332 g/mol. The second-order valence-electron chi connectivity index (χ2n) is 5.63. The summed E-state index contributed by atoms with van der Waals surface area (Å²) in [5, 5.41) is 0. The molecule has 0 N–H and O–H groups in total. The van der Waals surface area contributed by atoms with E-state index in [1.165, 1.54) is 18.2 Å². The molecule has 1 saturated heterocycles. The van der Waals surface area contributed by atoms with Crippen LogP contribution in [-0.4, -0.2) is 35.0 Å². The summed E-state index contributed by atoms with van der Waals surface area (Å²) < 4.78 is 23.6. The van der Waals surface area contributed by atoms with Gasteiger partial charge in [0.25, 0.3) is 0 Å². The third-order valence-electron chi connectivity index (χ3n) is 3.87. The summed E-state index contributed by atoms with van der Waals surface area (Å²) in [6.45, 7) is 1.62. The summed E-state index contributed by atoms with van der Waals surface area (Å²) in [5.41, 5.74) is 0. The van der Waals surface area contributed by atoms with Crippen molar-refractivity contribution in [3.63, 3.8) is 0 Å². The van der Waals surface area contributed by atoms with E-state index in [0.717, 1.165) is 12.8 Å². The zero-order valence-corrected chi connectivity index (χ0v) is 13.4. The number of ether oxygens (including phenoxy) is 2. The highest BCUT2D eigenvalue weighted by atomic mass is 35.5. The number of amides is 1. The minimum absolute atomic E-state index is 0.00830. The highest BCUT2D eigenvalue weighted by Crippen LogP contribution is 2.53. The highest BCUT2D eigenvalue weighted by molar-refractivity contribution is 6.50. The van der Waals surface area contributed by atoms with Gasteiger partial charge in [0.15, 0.2) is 11.6 Å². The molecule has 120 valence electrons. The Morgan fingerprint density at radius 3 is 2.68 bits per heavy atom. The number of nitrogens with zero attached hydrogens (tertiary/aromatic N) is 1. The number of carbonyl (C=O) groups is 1. The molecule has 7 heteroatoms. The molecule has 1 aromatic rings. The number of carbonyl (C=O) groups excluding carboxylic acids is 1. The van der Waals surface area contributed by atoms with E-state index >= 15 is 0 Å². The van der Waals surface area contributed by atoms with Crippen LogP contribution in [0.3, 0.4) is 0 Å². The Hall–Kier alpha value is -1.20. The van der Waals surface area contributed by atoms with Crippen molar-refractivity contribution < 1.29 is 18.7 Å². The van der Waals surface area contributed by atoms with Crippen LogP contribution in [0.15, 0.2) is 18.2 Å². The molecule has 0 aromatic heterocycles. The molecule has 1 saturated carbocycles. The zero-order valence-electron chi connectivity index (χ0n) is 11.9. The van der Waals surface area contributed by atoms with Gasteiger partial charge in [-0.3, -0.25) is 0 Å². The first kappa shape index (κ1) is 15.7. The third-order valence-corrected chi connectivity index (χ3v) is 4.79. The first-order chi connectivity index (χ1) is 10.5. The number of hydrogen-bond acceptors (Lipinski definition) is 3.